The van der Waals surface area contributed by atoms with Crippen molar-refractivity contribution in [1.82, 2.24) is 0 Å². The van der Waals surface area contributed by atoms with Crippen LogP contribution in [0.4, 0.5) is 0 Å². The highest BCUT2D eigenvalue weighted by atomic mass is 32.2. The molecule has 5 nitrogen and oxygen atoms in total. The number of carbonyl (C=O) groups is 2. The molecule has 0 amide bonds. The molecule has 156 valence electrons. The quantitative estimate of drug-likeness (QED) is 0.289. The van der Waals surface area contributed by atoms with Crippen molar-refractivity contribution in [2.75, 3.05) is 6.26 Å². The number of carboxylic acid groups (broad SMARTS) is 1. The predicted molar refractivity (Wildman–Crippen MR) is 120 cm³/mol. The van der Waals surface area contributed by atoms with E-state index in [0.29, 0.717) is 16.9 Å². The molecule has 3 aromatic rings. The average molecular weight is 425 g/mol. The van der Waals surface area contributed by atoms with Crippen LogP contribution >= 0.6 is 11.8 Å². The van der Waals surface area contributed by atoms with Crippen LogP contribution in [-0.2, 0) is 4.79 Å². The number of aryl methyl sites for hydroxylation is 2. The molecule has 0 atom stereocenters. The van der Waals surface area contributed by atoms with E-state index in [1.165, 1.54) is 19.9 Å². The zero-order chi connectivity index (χ0) is 22.1. The Morgan fingerprint density at radius 3 is 2.40 bits per heavy atom. The van der Waals surface area contributed by atoms with E-state index >= 15 is 0 Å². The van der Waals surface area contributed by atoms with E-state index in [4.69, 9.17) is 9.15 Å². The van der Waals surface area contributed by atoms with E-state index in [2.05, 4.69) is 0 Å². The zero-order valence-electron chi connectivity index (χ0n) is 17.6. The number of furan rings is 1. The van der Waals surface area contributed by atoms with Gasteiger partial charge >= 0.3 is 5.97 Å². The Kier molecular flexibility index (Phi) is 6.08. The number of aliphatic carboxylic acids is 1. The van der Waals surface area contributed by atoms with Crippen molar-refractivity contribution in [3.63, 3.8) is 0 Å². The average Bonchev–Trinajstić information content (AvgIpc) is 3.18. The third kappa shape index (κ3) is 4.28. The van der Waals surface area contributed by atoms with Gasteiger partial charge in [-0.25, -0.2) is 4.79 Å². The highest BCUT2D eigenvalue weighted by Crippen LogP contribution is 2.31. The van der Waals surface area contributed by atoms with E-state index in [0.717, 1.165) is 27.0 Å². The summed E-state index contributed by atoms with van der Waals surface area (Å²) in [5, 5.41) is 10.2. The summed E-state index contributed by atoms with van der Waals surface area (Å²) in [5.41, 5.74) is 2.20. The number of thioether (sulfide) groups is 1. The highest BCUT2D eigenvalue weighted by molar-refractivity contribution is 7.98. The molecule has 0 fully saturated rings. The molecule has 1 heterocycles. The van der Waals surface area contributed by atoms with Gasteiger partial charge in [-0.2, -0.15) is 0 Å². The lowest BCUT2D eigenvalue weighted by molar-refractivity contribution is -0.152. The van der Waals surface area contributed by atoms with Crippen molar-refractivity contribution in [2.45, 2.75) is 38.2 Å². The lowest BCUT2D eigenvalue weighted by atomic mass is 10.0. The van der Waals surface area contributed by atoms with Crippen LogP contribution in [0.2, 0.25) is 0 Å². The maximum atomic E-state index is 12.8. The van der Waals surface area contributed by atoms with Gasteiger partial charge in [-0.3, -0.25) is 4.79 Å². The monoisotopic (exact) mass is 424 g/mol. The lowest BCUT2D eigenvalue weighted by Gasteiger charge is -2.24. The summed E-state index contributed by atoms with van der Waals surface area (Å²) < 4.78 is 11.3. The maximum absolute atomic E-state index is 12.8. The molecule has 30 heavy (non-hydrogen) atoms. The Morgan fingerprint density at radius 2 is 1.80 bits per heavy atom. The first kappa shape index (κ1) is 21.7. The normalized spacial score (nSPS) is 11.9. The molecule has 0 aliphatic carbocycles. The standard InChI is InChI=1S/C24H24O5S/c1-14-12-16(13-15(2)21(14)29-24(3,4)23(26)27)6-8-19(25)17-7-9-20(30-5)18-10-11-28-22(17)18/h6-13H,1-5H3,(H,26,27)/b8-6+. The van der Waals surface area contributed by atoms with Crippen molar-refractivity contribution in [1.29, 1.82) is 0 Å². The molecule has 0 bridgehead atoms. The van der Waals surface area contributed by atoms with Crippen LogP contribution in [0, 0.1) is 13.8 Å². The molecule has 1 aromatic heterocycles. The van der Waals surface area contributed by atoms with Crippen molar-refractivity contribution in [3.05, 3.63) is 64.9 Å². The minimum absolute atomic E-state index is 0.148. The van der Waals surface area contributed by atoms with Gasteiger partial charge in [0, 0.05) is 10.3 Å². The fourth-order valence-corrected chi connectivity index (χ4v) is 3.79. The lowest BCUT2D eigenvalue weighted by Crippen LogP contribution is -2.38. The largest absolute Gasteiger partial charge is 0.478 e. The van der Waals surface area contributed by atoms with Crippen LogP contribution in [0.25, 0.3) is 17.0 Å². The van der Waals surface area contributed by atoms with Gasteiger partial charge in [0.2, 0.25) is 0 Å². The molecule has 1 N–H and O–H groups in total. The van der Waals surface area contributed by atoms with Crippen molar-refractivity contribution in [3.8, 4) is 5.75 Å². The number of allylic oxidation sites excluding steroid dienone is 1. The van der Waals surface area contributed by atoms with Gasteiger partial charge in [0.15, 0.2) is 11.4 Å². The Balaban J connectivity index is 1.87. The molecule has 0 aliphatic heterocycles. The third-order valence-corrected chi connectivity index (χ3v) is 5.64. The van der Waals surface area contributed by atoms with Gasteiger partial charge in [-0.15, -0.1) is 11.8 Å². The number of hydrogen-bond donors (Lipinski definition) is 1. The summed E-state index contributed by atoms with van der Waals surface area (Å²) in [4.78, 5) is 25.2. The molecule has 3 rings (SSSR count). The van der Waals surface area contributed by atoms with Crippen molar-refractivity contribution >= 4 is 40.6 Å². The number of benzene rings is 2. The number of fused-ring (bicyclic) bond motifs is 1. The summed E-state index contributed by atoms with van der Waals surface area (Å²) in [6.45, 7) is 6.73. The van der Waals surface area contributed by atoms with Gasteiger partial charge in [-0.05, 0) is 87.0 Å². The van der Waals surface area contributed by atoms with Crippen molar-refractivity contribution < 1.29 is 23.8 Å². The number of hydrogen-bond acceptors (Lipinski definition) is 5. The molecule has 0 spiro atoms. The van der Waals surface area contributed by atoms with Crippen LogP contribution in [-0.4, -0.2) is 28.7 Å². The summed E-state index contributed by atoms with van der Waals surface area (Å²) >= 11 is 1.61. The molecule has 0 radical (unpaired) electrons. The molecule has 0 saturated carbocycles. The molecule has 6 heteroatoms. The first-order chi connectivity index (χ1) is 14.1. The Morgan fingerprint density at radius 1 is 1.13 bits per heavy atom. The second-order valence-electron chi connectivity index (χ2n) is 7.58. The first-order valence-corrected chi connectivity index (χ1v) is 10.7. The number of carbonyl (C=O) groups excluding carboxylic acids is 1. The van der Waals surface area contributed by atoms with E-state index < -0.39 is 11.6 Å². The summed E-state index contributed by atoms with van der Waals surface area (Å²) in [6, 6.07) is 9.30. The second kappa shape index (κ2) is 8.40. The van der Waals surface area contributed by atoms with Crippen molar-refractivity contribution in [2.24, 2.45) is 0 Å². The van der Waals surface area contributed by atoms with E-state index in [1.807, 2.05) is 44.4 Å². The smallest absolute Gasteiger partial charge is 0.347 e. The van der Waals surface area contributed by atoms with Gasteiger partial charge in [0.25, 0.3) is 0 Å². The van der Waals surface area contributed by atoms with Gasteiger partial charge in [-0.1, -0.05) is 6.08 Å². The van der Waals surface area contributed by atoms with E-state index in [9.17, 15) is 14.7 Å². The van der Waals surface area contributed by atoms with Gasteiger partial charge in [0.1, 0.15) is 11.3 Å². The third-order valence-electron chi connectivity index (χ3n) is 4.84. The molecule has 0 unspecified atom stereocenters. The minimum Gasteiger partial charge on any atom is -0.478 e. The summed E-state index contributed by atoms with van der Waals surface area (Å²) in [7, 11) is 0. The highest BCUT2D eigenvalue weighted by Gasteiger charge is 2.30. The fourth-order valence-electron chi connectivity index (χ4n) is 3.21. The molecular formula is C24H24O5S. The Bertz CT molecular complexity index is 1130. The number of rotatable bonds is 7. The Hall–Kier alpha value is -2.99. The Labute approximate surface area is 179 Å². The predicted octanol–water partition coefficient (Wildman–Crippen LogP) is 5.91. The summed E-state index contributed by atoms with van der Waals surface area (Å²) in [5.74, 6) is -0.645. The number of ether oxygens (including phenoxy) is 1. The van der Waals surface area contributed by atoms with Gasteiger partial charge in [0.05, 0.1) is 11.8 Å². The molecular weight excluding hydrogens is 400 g/mol. The van der Waals surface area contributed by atoms with E-state index in [1.54, 1.807) is 30.2 Å². The van der Waals surface area contributed by atoms with Crippen LogP contribution in [0.3, 0.4) is 0 Å². The zero-order valence-corrected chi connectivity index (χ0v) is 18.4. The molecule has 0 aliphatic rings. The second-order valence-corrected chi connectivity index (χ2v) is 8.43. The fraction of sp³-hybridized carbons (Fsp3) is 0.250. The minimum atomic E-state index is -1.33. The van der Waals surface area contributed by atoms with Gasteiger partial charge < -0.3 is 14.3 Å². The van der Waals surface area contributed by atoms with E-state index in [-0.39, 0.29) is 5.78 Å². The first-order valence-electron chi connectivity index (χ1n) is 9.44. The SMILES string of the molecule is CSc1ccc(C(=O)/C=C/c2cc(C)c(OC(C)(C)C(=O)O)c(C)c2)c2occc12. The molecule has 0 saturated heterocycles. The van der Waals surface area contributed by atoms with Crippen LogP contribution in [0.5, 0.6) is 5.75 Å². The number of carboxylic acids is 1. The van der Waals surface area contributed by atoms with Crippen LogP contribution in [0.1, 0.15) is 40.9 Å². The topological polar surface area (TPSA) is 76.7 Å². The van der Waals surface area contributed by atoms with Crippen LogP contribution < -0.4 is 4.74 Å². The summed E-state index contributed by atoms with van der Waals surface area (Å²) in [6.07, 6.45) is 6.84. The number of ketones is 1. The maximum Gasteiger partial charge on any atom is 0.347 e. The molecule has 2 aromatic carbocycles. The van der Waals surface area contributed by atoms with Crippen LogP contribution in [0.15, 0.2) is 52.0 Å².